The number of likely N-dealkylation sites (tertiary alicyclic amines) is 1. The summed E-state index contributed by atoms with van der Waals surface area (Å²) in [7, 11) is 0. The van der Waals surface area contributed by atoms with Crippen molar-refractivity contribution in [2.75, 3.05) is 13.1 Å². The Morgan fingerprint density at radius 1 is 1.23 bits per heavy atom. The Labute approximate surface area is 128 Å². The van der Waals surface area contributed by atoms with Gasteiger partial charge in [0.15, 0.2) is 0 Å². The molecule has 22 heavy (non-hydrogen) atoms. The maximum absolute atomic E-state index is 12.7. The Morgan fingerprint density at radius 2 is 1.86 bits per heavy atom. The van der Waals surface area contributed by atoms with Crippen molar-refractivity contribution in [3.8, 4) is 0 Å². The summed E-state index contributed by atoms with van der Waals surface area (Å²) in [5.41, 5.74) is 0. The van der Waals surface area contributed by atoms with Crippen LogP contribution in [0.3, 0.4) is 0 Å². The standard InChI is InChI=1S/C14H24F3N3O2/c1-9(2)18-12(21)7-10(3)19-13(22)20-6-4-5-11(8-20)14(15,16)17/h9-11H,4-8H2,1-3H3,(H,18,21)(H,19,22)/t10-,11+/m1/s1. The van der Waals surface area contributed by atoms with Gasteiger partial charge in [0.05, 0.1) is 5.92 Å². The molecule has 2 atom stereocenters. The van der Waals surface area contributed by atoms with E-state index in [0.717, 1.165) is 0 Å². The van der Waals surface area contributed by atoms with Crippen LogP contribution in [0.25, 0.3) is 0 Å². The molecule has 8 heteroatoms. The lowest BCUT2D eigenvalue weighted by Crippen LogP contribution is -2.51. The molecule has 128 valence electrons. The number of nitrogens with zero attached hydrogens (tertiary/aromatic N) is 1. The van der Waals surface area contributed by atoms with E-state index in [1.807, 2.05) is 13.8 Å². The molecule has 0 aliphatic carbocycles. The first-order valence-corrected chi connectivity index (χ1v) is 7.51. The number of carbonyl (C=O) groups excluding carboxylic acids is 2. The number of alkyl halides is 3. The minimum absolute atomic E-state index is 0.00467. The Kier molecular flexibility index (Phi) is 6.49. The molecule has 1 fully saturated rings. The Morgan fingerprint density at radius 3 is 2.41 bits per heavy atom. The number of nitrogens with one attached hydrogen (secondary N) is 2. The number of hydrogen-bond donors (Lipinski definition) is 2. The van der Waals surface area contributed by atoms with E-state index >= 15 is 0 Å². The van der Waals surface area contributed by atoms with Crippen molar-refractivity contribution >= 4 is 11.9 Å². The summed E-state index contributed by atoms with van der Waals surface area (Å²) in [5, 5.41) is 5.29. The van der Waals surface area contributed by atoms with Crippen LogP contribution in [0.5, 0.6) is 0 Å². The second-order valence-electron chi connectivity index (χ2n) is 6.10. The number of urea groups is 1. The van der Waals surface area contributed by atoms with Gasteiger partial charge in [-0.05, 0) is 33.6 Å². The first kappa shape index (κ1) is 18.6. The summed E-state index contributed by atoms with van der Waals surface area (Å²) in [6.45, 7) is 5.30. The zero-order valence-electron chi connectivity index (χ0n) is 13.2. The molecular weight excluding hydrogens is 299 g/mol. The van der Waals surface area contributed by atoms with Crippen LogP contribution in [0.4, 0.5) is 18.0 Å². The number of piperidine rings is 1. The molecular formula is C14H24F3N3O2. The summed E-state index contributed by atoms with van der Waals surface area (Å²) in [4.78, 5) is 24.8. The molecule has 0 radical (unpaired) electrons. The lowest BCUT2D eigenvalue weighted by Gasteiger charge is -2.34. The van der Waals surface area contributed by atoms with Gasteiger partial charge in [0.1, 0.15) is 0 Å². The highest BCUT2D eigenvalue weighted by Crippen LogP contribution is 2.33. The Hall–Kier alpha value is -1.47. The fraction of sp³-hybridized carbons (Fsp3) is 0.857. The van der Waals surface area contributed by atoms with Gasteiger partial charge in [-0.2, -0.15) is 13.2 Å². The number of rotatable bonds is 4. The van der Waals surface area contributed by atoms with Gasteiger partial charge in [-0.1, -0.05) is 0 Å². The molecule has 1 heterocycles. The second-order valence-corrected chi connectivity index (χ2v) is 6.10. The van der Waals surface area contributed by atoms with Crippen LogP contribution >= 0.6 is 0 Å². The molecule has 1 aliphatic rings. The maximum atomic E-state index is 12.7. The zero-order chi connectivity index (χ0) is 16.9. The van der Waals surface area contributed by atoms with E-state index in [1.165, 1.54) is 4.90 Å². The van der Waals surface area contributed by atoms with Gasteiger partial charge < -0.3 is 15.5 Å². The van der Waals surface area contributed by atoms with Gasteiger partial charge in [0.25, 0.3) is 0 Å². The van der Waals surface area contributed by atoms with E-state index in [9.17, 15) is 22.8 Å². The third kappa shape index (κ3) is 6.11. The molecule has 5 nitrogen and oxygen atoms in total. The number of hydrogen-bond acceptors (Lipinski definition) is 2. The van der Waals surface area contributed by atoms with Crippen molar-refractivity contribution in [1.82, 2.24) is 15.5 Å². The molecule has 0 saturated carbocycles. The lowest BCUT2D eigenvalue weighted by atomic mass is 9.98. The van der Waals surface area contributed by atoms with Gasteiger partial charge in [0.2, 0.25) is 5.91 Å². The highest BCUT2D eigenvalue weighted by Gasteiger charge is 2.42. The SMILES string of the molecule is CC(C)NC(=O)C[C@@H](C)NC(=O)N1CCC[C@H](C(F)(F)F)C1. The van der Waals surface area contributed by atoms with Crippen LogP contribution in [-0.4, -0.2) is 48.2 Å². The van der Waals surface area contributed by atoms with E-state index in [1.54, 1.807) is 6.92 Å². The van der Waals surface area contributed by atoms with Gasteiger partial charge in [-0.25, -0.2) is 4.79 Å². The Bertz CT molecular complexity index is 399. The predicted octanol–water partition coefficient (Wildman–Crippen LogP) is 2.27. The molecule has 0 aromatic heterocycles. The maximum Gasteiger partial charge on any atom is 0.393 e. The van der Waals surface area contributed by atoms with Crippen molar-refractivity contribution in [2.45, 2.75) is 58.3 Å². The minimum Gasteiger partial charge on any atom is -0.354 e. The van der Waals surface area contributed by atoms with Gasteiger partial charge >= 0.3 is 12.2 Å². The second kappa shape index (κ2) is 7.69. The number of amides is 3. The summed E-state index contributed by atoms with van der Waals surface area (Å²) >= 11 is 0. The molecule has 0 aromatic carbocycles. The van der Waals surface area contributed by atoms with E-state index < -0.39 is 24.2 Å². The van der Waals surface area contributed by atoms with Crippen molar-refractivity contribution in [3.63, 3.8) is 0 Å². The normalized spacial score (nSPS) is 20.7. The average molecular weight is 323 g/mol. The number of carbonyl (C=O) groups is 2. The number of halogens is 3. The van der Waals surface area contributed by atoms with E-state index in [0.29, 0.717) is 13.0 Å². The van der Waals surface area contributed by atoms with Crippen molar-refractivity contribution in [2.24, 2.45) is 5.92 Å². The van der Waals surface area contributed by atoms with Gasteiger partial charge in [-0.3, -0.25) is 4.79 Å². The van der Waals surface area contributed by atoms with Crippen LogP contribution in [-0.2, 0) is 4.79 Å². The third-order valence-corrected chi connectivity index (χ3v) is 3.48. The fourth-order valence-corrected chi connectivity index (χ4v) is 2.44. The van der Waals surface area contributed by atoms with E-state index in [-0.39, 0.29) is 31.3 Å². The molecule has 1 rings (SSSR count). The highest BCUT2D eigenvalue weighted by molar-refractivity contribution is 5.79. The van der Waals surface area contributed by atoms with Crippen LogP contribution in [0.15, 0.2) is 0 Å². The van der Waals surface area contributed by atoms with Crippen LogP contribution in [0.2, 0.25) is 0 Å². The molecule has 0 aromatic rings. The quantitative estimate of drug-likeness (QED) is 0.834. The van der Waals surface area contributed by atoms with Crippen molar-refractivity contribution < 1.29 is 22.8 Å². The van der Waals surface area contributed by atoms with Crippen LogP contribution in [0, 0.1) is 5.92 Å². The first-order chi connectivity index (χ1) is 10.1. The molecule has 2 N–H and O–H groups in total. The summed E-state index contributed by atoms with van der Waals surface area (Å²) in [5.74, 6) is -1.67. The van der Waals surface area contributed by atoms with Gasteiger partial charge in [-0.15, -0.1) is 0 Å². The van der Waals surface area contributed by atoms with Crippen molar-refractivity contribution in [1.29, 1.82) is 0 Å². The topological polar surface area (TPSA) is 61.4 Å². The summed E-state index contributed by atoms with van der Waals surface area (Å²) in [6, 6.07) is -0.971. The third-order valence-electron chi connectivity index (χ3n) is 3.48. The van der Waals surface area contributed by atoms with Gasteiger partial charge in [0, 0.05) is 31.6 Å². The average Bonchev–Trinajstić information content (AvgIpc) is 2.36. The van der Waals surface area contributed by atoms with Crippen molar-refractivity contribution in [3.05, 3.63) is 0 Å². The molecule has 1 aliphatic heterocycles. The largest absolute Gasteiger partial charge is 0.393 e. The summed E-state index contributed by atoms with van der Waals surface area (Å²) < 4.78 is 38.2. The molecule has 0 spiro atoms. The molecule has 1 saturated heterocycles. The highest BCUT2D eigenvalue weighted by atomic mass is 19.4. The monoisotopic (exact) mass is 323 g/mol. The zero-order valence-corrected chi connectivity index (χ0v) is 13.2. The molecule has 0 unspecified atom stereocenters. The van der Waals surface area contributed by atoms with E-state index in [4.69, 9.17) is 0 Å². The first-order valence-electron chi connectivity index (χ1n) is 7.51. The fourth-order valence-electron chi connectivity index (χ4n) is 2.44. The molecule has 0 bridgehead atoms. The smallest absolute Gasteiger partial charge is 0.354 e. The summed E-state index contributed by atoms with van der Waals surface area (Å²) in [6.07, 6.45) is -3.79. The minimum atomic E-state index is -4.28. The predicted molar refractivity (Wildman–Crippen MR) is 76.2 cm³/mol. The Balaban J connectivity index is 2.45. The van der Waals surface area contributed by atoms with E-state index in [2.05, 4.69) is 10.6 Å². The lowest BCUT2D eigenvalue weighted by molar-refractivity contribution is -0.184. The molecule has 3 amide bonds. The van der Waals surface area contributed by atoms with Crippen LogP contribution in [0.1, 0.15) is 40.0 Å². The van der Waals surface area contributed by atoms with Crippen LogP contribution < -0.4 is 10.6 Å².